The Morgan fingerprint density at radius 2 is 1.58 bits per heavy atom. The molecule has 0 radical (unpaired) electrons. The molecule has 0 spiro atoms. The summed E-state index contributed by atoms with van der Waals surface area (Å²) < 4.78 is 46.3. The number of aliphatic hydroxyl groups excluding tert-OH is 1. The van der Waals surface area contributed by atoms with E-state index in [2.05, 4.69) is 4.74 Å². The molecule has 2 aromatic carbocycles. The number of esters is 1. The summed E-state index contributed by atoms with van der Waals surface area (Å²) in [5.74, 6) is -0.914. The fraction of sp³-hybridized carbons (Fsp3) is 0.316. The lowest BCUT2D eigenvalue weighted by Gasteiger charge is -2.19. The molecule has 140 valence electrons. The van der Waals surface area contributed by atoms with E-state index < -0.39 is 30.3 Å². The third-order valence-electron chi connectivity index (χ3n) is 3.31. The van der Waals surface area contributed by atoms with Crippen LogP contribution in [0.3, 0.4) is 0 Å². The van der Waals surface area contributed by atoms with E-state index in [4.69, 9.17) is 4.74 Å². The van der Waals surface area contributed by atoms with Crippen LogP contribution in [0.4, 0.5) is 13.2 Å². The minimum absolute atomic E-state index is 0.0102. The van der Waals surface area contributed by atoms with Gasteiger partial charge in [-0.3, -0.25) is 0 Å². The first-order chi connectivity index (χ1) is 12.0. The highest BCUT2D eigenvalue weighted by Gasteiger charge is 2.32. The summed E-state index contributed by atoms with van der Waals surface area (Å²) >= 11 is 0. The second-order valence-electron chi connectivity index (χ2n) is 6.61. The first kappa shape index (κ1) is 19.8. The van der Waals surface area contributed by atoms with E-state index in [0.717, 1.165) is 6.07 Å². The van der Waals surface area contributed by atoms with E-state index >= 15 is 0 Å². The Labute approximate surface area is 149 Å². The SMILES string of the molecule is CC(C)(C)OC(=O)c1ccc(-c2ccc(OC(F)(F)F)c(CO)c2)cc1. The second kappa shape index (κ2) is 7.37. The zero-order chi connectivity index (χ0) is 19.5. The molecule has 2 aromatic rings. The molecule has 7 heteroatoms. The molecule has 0 amide bonds. The van der Waals surface area contributed by atoms with Gasteiger partial charge in [0.15, 0.2) is 0 Å². The lowest BCUT2D eigenvalue weighted by atomic mass is 10.0. The third-order valence-corrected chi connectivity index (χ3v) is 3.31. The molecule has 0 atom stereocenters. The summed E-state index contributed by atoms with van der Waals surface area (Å²) in [7, 11) is 0. The standard InChI is InChI=1S/C19H19F3O4/c1-18(2,3)26-17(24)13-6-4-12(5-7-13)14-8-9-16(15(10-14)11-23)25-19(20,21)22/h4-10,23H,11H2,1-3H3. The Hall–Kier alpha value is -2.54. The molecule has 1 N–H and O–H groups in total. The molecule has 0 fully saturated rings. The molecule has 4 nitrogen and oxygen atoms in total. The molecule has 0 saturated carbocycles. The predicted molar refractivity (Wildman–Crippen MR) is 89.7 cm³/mol. The number of benzene rings is 2. The largest absolute Gasteiger partial charge is 0.573 e. The first-order valence-corrected chi connectivity index (χ1v) is 7.82. The summed E-state index contributed by atoms with van der Waals surface area (Å²) in [5, 5.41) is 9.30. The van der Waals surface area contributed by atoms with E-state index in [1.54, 1.807) is 45.0 Å². The van der Waals surface area contributed by atoms with E-state index in [1.165, 1.54) is 12.1 Å². The van der Waals surface area contributed by atoms with Crippen molar-refractivity contribution in [2.45, 2.75) is 39.3 Å². The Morgan fingerprint density at radius 3 is 2.08 bits per heavy atom. The second-order valence-corrected chi connectivity index (χ2v) is 6.61. The fourth-order valence-corrected chi connectivity index (χ4v) is 2.24. The van der Waals surface area contributed by atoms with E-state index in [0.29, 0.717) is 16.7 Å². The van der Waals surface area contributed by atoms with E-state index in [1.807, 2.05) is 0 Å². The van der Waals surface area contributed by atoms with Gasteiger partial charge in [0.1, 0.15) is 11.4 Å². The molecular weight excluding hydrogens is 349 g/mol. The molecule has 0 heterocycles. The van der Waals surface area contributed by atoms with Gasteiger partial charge >= 0.3 is 12.3 Å². The number of carbonyl (C=O) groups is 1. The van der Waals surface area contributed by atoms with Crippen LogP contribution in [0.15, 0.2) is 42.5 Å². The Morgan fingerprint density at radius 1 is 1.00 bits per heavy atom. The van der Waals surface area contributed by atoms with Crippen LogP contribution < -0.4 is 4.74 Å². The highest BCUT2D eigenvalue weighted by atomic mass is 19.4. The summed E-state index contributed by atoms with van der Waals surface area (Å²) in [6.45, 7) is 4.69. The maximum Gasteiger partial charge on any atom is 0.573 e. The summed E-state index contributed by atoms with van der Waals surface area (Å²) in [6.07, 6.45) is -4.83. The van der Waals surface area contributed by atoms with Gasteiger partial charge in [-0.25, -0.2) is 4.79 Å². The van der Waals surface area contributed by atoms with Gasteiger partial charge in [0.05, 0.1) is 12.2 Å². The van der Waals surface area contributed by atoms with Crippen LogP contribution >= 0.6 is 0 Å². The Kier molecular flexibility index (Phi) is 5.61. The summed E-state index contributed by atoms with van der Waals surface area (Å²) in [4.78, 5) is 12.0. The molecule has 0 aliphatic carbocycles. The van der Waals surface area contributed by atoms with Crippen molar-refractivity contribution in [1.82, 2.24) is 0 Å². The maximum absolute atomic E-state index is 12.4. The molecule has 0 aliphatic rings. The molecule has 0 unspecified atom stereocenters. The number of halogens is 3. The lowest BCUT2D eigenvalue weighted by Crippen LogP contribution is -2.23. The van der Waals surface area contributed by atoms with Crippen molar-refractivity contribution in [1.29, 1.82) is 0 Å². The van der Waals surface area contributed by atoms with Gasteiger partial charge in [-0.05, 0) is 56.2 Å². The van der Waals surface area contributed by atoms with Crippen molar-refractivity contribution in [2.24, 2.45) is 0 Å². The first-order valence-electron chi connectivity index (χ1n) is 7.82. The molecule has 0 aliphatic heterocycles. The highest BCUT2D eigenvalue weighted by Crippen LogP contribution is 2.31. The number of hydrogen-bond acceptors (Lipinski definition) is 4. The topological polar surface area (TPSA) is 55.8 Å². The predicted octanol–water partition coefficient (Wildman–Crippen LogP) is 4.70. The summed E-state index contributed by atoms with van der Waals surface area (Å²) in [6, 6.07) is 10.5. The van der Waals surface area contributed by atoms with Gasteiger partial charge in [0.25, 0.3) is 0 Å². The van der Waals surface area contributed by atoms with Crippen LogP contribution in [0.1, 0.15) is 36.7 Å². The van der Waals surface area contributed by atoms with Gasteiger partial charge in [-0.2, -0.15) is 0 Å². The zero-order valence-corrected chi connectivity index (χ0v) is 14.6. The molecular formula is C19H19F3O4. The third kappa shape index (κ3) is 5.49. The monoisotopic (exact) mass is 368 g/mol. The molecule has 0 bridgehead atoms. The van der Waals surface area contributed by atoms with Crippen molar-refractivity contribution < 1.29 is 32.5 Å². The number of ether oxygens (including phenoxy) is 2. The Balaban J connectivity index is 2.25. The van der Waals surface area contributed by atoms with Crippen molar-refractivity contribution in [3.8, 4) is 16.9 Å². The van der Waals surface area contributed by atoms with Crippen molar-refractivity contribution in [2.75, 3.05) is 0 Å². The van der Waals surface area contributed by atoms with Crippen LogP contribution in [0.25, 0.3) is 11.1 Å². The average molecular weight is 368 g/mol. The van der Waals surface area contributed by atoms with Crippen LogP contribution in [0, 0.1) is 0 Å². The van der Waals surface area contributed by atoms with Crippen molar-refractivity contribution in [3.05, 3.63) is 53.6 Å². The van der Waals surface area contributed by atoms with Crippen LogP contribution in [-0.4, -0.2) is 23.0 Å². The Bertz CT molecular complexity index is 775. The van der Waals surface area contributed by atoms with E-state index in [-0.39, 0.29) is 5.56 Å². The highest BCUT2D eigenvalue weighted by molar-refractivity contribution is 5.90. The molecule has 2 rings (SSSR count). The quantitative estimate of drug-likeness (QED) is 0.795. The lowest BCUT2D eigenvalue weighted by molar-refractivity contribution is -0.275. The number of carbonyl (C=O) groups excluding carboxylic acids is 1. The zero-order valence-electron chi connectivity index (χ0n) is 14.6. The fourth-order valence-electron chi connectivity index (χ4n) is 2.24. The minimum atomic E-state index is -4.83. The molecule has 0 aromatic heterocycles. The molecule has 26 heavy (non-hydrogen) atoms. The van der Waals surface area contributed by atoms with Crippen molar-refractivity contribution >= 4 is 5.97 Å². The minimum Gasteiger partial charge on any atom is -0.456 e. The summed E-state index contributed by atoms with van der Waals surface area (Å²) in [5.41, 5.74) is 1.02. The number of hydrogen-bond donors (Lipinski definition) is 1. The van der Waals surface area contributed by atoms with Crippen LogP contribution in [0.5, 0.6) is 5.75 Å². The van der Waals surface area contributed by atoms with Gasteiger partial charge in [0.2, 0.25) is 0 Å². The molecule has 0 saturated heterocycles. The number of aliphatic hydroxyl groups is 1. The maximum atomic E-state index is 12.4. The van der Waals surface area contributed by atoms with Crippen molar-refractivity contribution in [3.63, 3.8) is 0 Å². The van der Waals surface area contributed by atoms with Crippen LogP contribution in [0.2, 0.25) is 0 Å². The van der Waals surface area contributed by atoms with Crippen LogP contribution in [-0.2, 0) is 11.3 Å². The number of rotatable bonds is 4. The smallest absolute Gasteiger partial charge is 0.456 e. The van der Waals surface area contributed by atoms with Gasteiger partial charge in [-0.1, -0.05) is 18.2 Å². The normalized spacial score (nSPS) is 12.0. The average Bonchev–Trinajstić information content (AvgIpc) is 2.52. The van der Waals surface area contributed by atoms with Gasteiger partial charge in [-0.15, -0.1) is 13.2 Å². The number of alkyl halides is 3. The van der Waals surface area contributed by atoms with E-state index in [9.17, 15) is 23.1 Å². The van der Waals surface area contributed by atoms with Gasteiger partial charge < -0.3 is 14.6 Å². The van der Waals surface area contributed by atoms with Gasteiger partial charge in [0, 0.05) is 5.56 Å².